The number of hydrogen-bond donors (Lipinski definition) is 1. The largest absolute Gasteiger partial charge is 0.378 e. The predicted molar refractivity (Wildman–Crippen MR) is 83.9 cm³/mol. The maximum absolute atomic E-state index is 13.9. The van der Waals surface area contributed by atoms with Crippen LogP contribution in [0.3, 0.4) is 0 Å². The number of aliphatic hydroxyl groups excluding tert-OH is 1. The van der Waals surface area contributed by atoms with Crippen LogP contribution in [0, 0.1) is 12.9 Å². The van der Waals surface area contributed by atoms with Crippen molar-refractivity contribution in [1.29, 1.82) is 0 Å². The lowest BCUT2D eigenvalue weighted by Crippen LogP contribution is -2.36. The van der Waals surface area contributed by atoms with E-state index in [1.807, 2.05) is 13.0 Å². The number of carbonyl (C=O) groups is 1. The third-order valence-corrected chi connectivity index (χ3v) is 4.01. The standard InChI is InChI=1S/C18H19FN2O2/c1-12-9-14(17(19)20-10-12)11-21(15-7-8-15)18(23)16(22)13-5-3-2-4-6-13/h2-6,9-10,15-16,22H,7-8,11H2,1H3/t16-/m0/s1. The van der Waals surface area contributed by atoms with Gasteiger partial charge in [0.15, 0.2) is 6.10 Å². The van der Waals surface area contributed by atoms with Gasteiger partial charge >= 0.3 is 0 Å². The Morgan fingerprint density at radius 2 is 2.09 bits per heavy atom. The number of hydrogen-bond acceptors (Lipinski definition) is 3. The Balaban J connectivity index is 1.81. The van der Waals surface area contributed by atoms with Crippen LogP contribution in [0.2, 0.25) is 0 Å². The molecule has 1 aromatic heterocycles. The van der Waals surface area contributed by atoms with Gasteiger partial charge < -0.3 is 10.0 Å². The lowest BCUT2D eigenvalue weighted by Gasteiger charge is -2.25. The smallest absolute Gasteiger partial charge is 0.256 e. The second-order valence-electron chi connectivity index (χ2n) is 5.97. The van der Waals surface area contributed by atoms with Gasteiger partial charge in [0.05, 0.1) is 6.54 Å². The van der Waals surface area contributed by atoms with Gasteiger partial charge in [-0.25, -0.2) is 4.98 Å². The van der Waals surface area contributed by atoms with E-state index in [9.17, 15) is 14.3 Å². The summed E-state index contributed by atoms with van der Waals surface area (Å²) in [7, 11) is 0. The van der Waals surface area contributed by atoms with Crippen LogP contribution >= 0.6 is 0 Å². The van der Waals surface area contributed by atoms with Gasteiger partial charge in [-0.2, -0.15) is 4.39 Å². The Morgan fingerprint density at radius 1 is 1.39 bits per heavy atom. The highest BCUT2D eigenvalue weighted by molar-refractivity contribution is 5.82. The number of aliphatic hydroxyl groups is 1. The molecule has 0 aliphatic heterocycles. The molecule has 1 fully saturated rings. The predicted octanol–water partition coefficient (Wildman–Crippen LogP) is 2.75. The lowest BCUT2D eigenvalue weighted by atomic mass is 10.1. The minimum Gasteiger partial charge on any atom is -0.378 e. The van der Waals surface area contributed by atoms with Gasteiger partial charge in [-0.05, 0) is 37.0 Å². The molecule has 2 aromatic rings. The van der Waals surface area contributed by atoms with Crippen molar-refractivity contribution in [3.05, 3.63) is 65.2 Å². The van der Waals surface area contributed by atoms with Gasteiger partial charge in [0, 0.05) is 17.8 Å². The van der Waals surface area contributed by atoms with E-state index >= 15 is 0 Å². The number of benzene rings is 1. The van der Waals surface area contributed by atoms with E-state index in [0.717, 1.165) is 18.4 Å². The van der Waals surface area contributed by atoms with E-state index in [1.165, 1.54) is 6.20 Å². The molecular weight excluding hydrogens is 295 g/mol. The monoisotopic (exact) mass is 314 g/mol. The summed E-state index contributed by atoms with van der Waals surface area (Å²) in [5.74, 6) is -0.956. The molecule has 120 valence electrons. The molecule has 1 amide bonds. The first-order valence-electron chi connectivity index (χ1n) is 7.71. The fraction of sp³-hybridized carbons (Fsp3) is 0.333. The number of halogens is 1. The highest BCUT2D eigenvalue weighted by Gasteiger charge is 2.36. The molecule has 5 heteroatoms. The van der Waals surface area contributed by atoms with E-state index in [1.54, 1.807) is 35.2 Å². The Labute approximate surface area is 134 Å². The molecule has 1 heterocycles. The zero-order valence-corrected chi connectivity index (χ0v) is 12.9. The van der Waals surface area contributed by atoms with Gasteiger partial charge in [-0.1, -0.05) is 30.3 Å². The minimum absolute atomic E-state index is 0.0702. The summed E-state index contributed by atoms with van der Waals surface area (Å²) in [5, 5.41) is 10.3. The number of amides is 1. The SMILES string of the molecule is Cc1cnc(F)c(CN(C(=O)[C@@H](O)c2ccccc2)C2CC2)c1. The van der Waals surface area contributed by atoms with E-state index in [2.05, 4.69) is 4.98 Å². The average Bonchev–Trinajstić information content (AvgIpc) is 3.40. The summed E-state index contributed by atoms with van der Waals surface area (Å²) in [6.07, 6.45) is 2.00. The number of rotatable bonds is 5. The van der Waals surface area contributed by atoms with Gasteiger partial charge in [0.25, 0.3) is 5.91 Å². The zero-order valence-electron chi connectivity index (χ0n) is 12.9. The van der Waals surface area contributed by atoms with Crippen molar-refractivity contribution >= 4 is 5.91 Å². The first-order chi connectivity index (χ1) is 11.1. The summed E-state index contributed by atoms with van der Waals surface area (Å²) in [4.78, 5) is 17.9. The molecule has 0 spiro atoms. The quantitative estimate of drug-likeness (QED) is 0.863. The van der Waals surface area contributed by atoms with Crippen LogP contribution in [-0.2, 0) is 11.3 Å². The first-order valence-corrected chi connectivity index (χ1v) is 7.71. The van der Waals surface area contributed by atoms with Crippen molar-refractivity contribution in [3.63, 3.8) is 0 Å². The summed E-state index contributed by atoms with van der Waals surface area (Å²) in [6.45, 7) is 1.96. The van der Waals surface area contributed by atoms with Crippen LogP contribution in [0.5, 0.6) is 0 Å². The Hall–Kier alpha value is -2.27. The second kappa shape index (κ2) is 6.46. The number of pyridine rings is 1. The van der Waals surface area contributed by atoms with Crippen molar-refractivity contribution in [2.45, 2.75) is 38.5 Å². The molecule has 1 aromatic carbocycles. The van der Waals surface area contributed by atoms with E-state index in [-0.39, 0.29) is 18.5 Å². The number of aryl methyl sites for hydroxylation is 1. The van der Waals surface area contributed by atoms with Crippen LogP contribution in [0.4, 0.5) is 4.39 Å². The molecule has 0 bridgehead atoms. The van der Waals surface area contributed by atoms with Gasteiger partial charge in [0.1, 0.15) is 0 Å². The third kappa shape index (κ3) is 3.56. The molecular formula is C18H19FN2O2. The van der Waals surface area contributed by atoms with Crippen molar-refractivity contribution in [3.8, 4) is 0 Å². The minimum atomic E-state index is -1.22. The van der Waals surface area contributed by atoms with Crippen molar-refractivity contribution < 1.29 is 14.3 Å². The van der Waals surface area contributed by atoms with Crippen LogP contribution < -0.4 is 0 Å². The molecule has 3 rings (SSSR count). The Morgan fingerprint density at radius 3 is 2.74 bits per heavy atom. The van der Waals surface area contributed by atoms with Gasteiger partial charge in [-0.15, -0.1) is 0 Å². The molecule has 0 unspecified atom stereocenters. The number of carbonyl (C=O) groups excluding carboxylic acids is 1. The second-order valence-corrected chi connectivity index (χ2v) is 5.97. The molecule has 0 saturated heterocycles. The van der Waals surface area contributed by atoms with Crippen LogP contribution in [-0.4, -0.2) is 26.9 Å². The van der Waals surface area contributed by atoms with Crippen molar-refractivity contribution in [2.75, 3.05) is 0 Å². The summed E-state index contributed by atoms with van der Waals surface area (Å²) in [5.41, 5.74) is 1.77. The fourth-order valence-corrected chi connectivity index (χ4v) is 2.62. The summed E-state index contributed by atoms with van der Waals surface area (Å²) in [6, 6.07) is 10.6. The van der Waals surface area contributed by atoms with E-state index in [0.29, 0.717) is 11.1 Å². The molecule has 1 saturated carbocycles. The van der Waals surface area contributed by atoms with Crippen molar-refractivity contribution in [2.24, 2.45) is 0 Å². The highest BCUT2D eigenvalue weighted by Crippen LogP contribution is 2.31. The number of aromatic nitrogens is 1. The molecule has 1 aliphatic rings. The molecule has 1 atom stereocenters. The van der Waals surface area contributed by atoms with Crippen molar-refractivity contribution in [1.82, 2.24) is 9.88 Å². The summed E-state index contributed by atoms with van der Waals surface area (Å²) < 4.78 is 13.9. The van der Waals surface area contributed by atoms with Crippen LogP contribution in [0.15, 0.2) is 42.6 Å². The molecule has 1 aliphatic carbocycles. The third-order valence-electron chi connectivity index (χ3n) is 4.01. The molecule has 0 radical (unpaired) electrons. The molecule has 23 heavy (non-hydrogen) atoms. The fourth-order valence-electron chi connectivity index (χ4n) is 2.62. The Kier molecular flexibility index (Phi) is 4.39. The summed E-state index contributed by atoms with van der Waals surface area (Å²) >= 11 is 0. The van der Waals surface area contributed by atoms with Crippen LogP contribution in [0.1, 0.15) is 35.6 Å². The molecule has 4 nitrogen and oxygen atoms in total. The Bertz CT molecular complexity index is 701. The highest BCUT2D eigenvalue weighted by atomic mass is 19.1. The normalized spacial score (nSPS) is 15.3. The topological polar surface area (TPSA) is 53.4 Å². The maximum Gasteiger partial charge on any atom is 0.256 e. The molecule has 1 N–H and O–H groups in total. The average molecular weight is 314 g/mol. The maximum atomic E-state index is 13.9. The lowest BCUT2D eigenvalue weighted by molar-refractivity contribution is -0.141. The van der Waals surface area contributed by atoms with Gasteiger partial charge in [0.2, 0.25) is 5.95 Å². The zero-order chi connectivity index (χ0) is 16.4. The first kappa shape index (κ1) is 15.6. The number of nitrogens with zero attached hydrogens (tertiary/aromatic N) is 2. The van der Waals surface area contributed by atoms with E-state index < -0.39 is 12.1 Å². The van der Waals surface area contributed by atoms with E-state index in [4.69, 9.17) is 0 Å². The van der Waals surface area contributed by atoms with Gasteiger partial charge in [-0.3, -0.25) is 4.79 Å². The van der Waals surface area contributed by atoms with Crippen LogP contribution in [0.25, 0.3) is 0 Å².